The lowest BCUT2D eigenvalue weighted by Crippen LogP contribution is -2.30. The molecule has 1 heterocycles. The molecule has 0 fully saturated rings. The largest absolute Gasteiger partial charge is 0.488 e. The van der Waals surface area contributed by atoms with Crippen LogP contribution >= 0.6 is 11.8 Å². The smallest absolute Gasteiger partial charge is 0.423 e. The summed E-state index contributed by atoms with van der Waals surface area (Å²) in [5.41, 5.74) is 0.992. The minimum atomic E-state index is -1.50. The van der Waals surface area contributed by atoms with Gasteiger partial charge in [0.15, 0.2) is 5.78 Å². The average molecular weight is 208 g/mol. The number of rotatable bonds is 1. The van der Waals surface area contributed by atoms with Gasteiger partial charge in [0.1, 0.15) is 0 Å². The maximum Gasteiger partial charge on any atom is 0.488 e. The molecule has 0 atom stereocenters. The molecule has 1 aliphatic rings. The molecule has 1 aromatic rings. The summed E-state index contributed by atoms with van der Waals surface area (Å²) < 4.78 is 0. The van der Waals surface area contributed by atoms with E-state index in [2.05, 4.69) is 0 Å². The van der Waals surface area contributed by atoms with E-state index in [0.29, 0.717) is 17.4 Å². The average Bonchev–Trinajstić information content (AvgIpc) is 2.18. The van der Waals surface area contributed by atoms with Gasteiger partial charge in [-0.1, -0.05) is 12.1 Å². The van der Waals surface area contributed by atoms with Crippen LogP contribution in [-0.4, -0.2) is 28.7 Å². The molecule has 0 bridgehead atoms. The molecule has 0 amide bonds. The third-order valence-electron chi connectivity index (χ3n) is 2.19. The van der Waals surface area contributed by atoms with Crippen molar-refractivity contribution in [1.29, 1.82) is 0 Å². The van der Waals surface area contributed by atoms with Gasteiger partial charge in [0.25, 0.3) is 0 Å². The second-order valence-corrected chi connectivity index (χ2v) is 4.29. The number of hydrogen-bond acceptors (Lipinski definition) is 4. The summed E-state index contributed by atoms with van der Waals surface area (Å²) >= 11 is 1.63. The number of hydrogen-bond donors (Lipinski definition) is 2. The SMILES string of the molecule is O=C1CCSc2ccc(B(O)O)cc21. The molecule has 0 radical (unpaired) electrons. The van der Waals surface area contributed by atoms with E-state index in [0.717, 1.165) is 10.6 Å². The fourth-order valence-corrected chi connectivity index (χ4v) is 2.44. The van der Waals surface area contributed by atoms with Crippen LogP contribution in [0.3, 0.4) is 0 Å². The minimum absolute atomic E-state index is 0.0845. The topological polar surface area (TPSA) is 57.5 Å². The quantitative estimate of drug-likeness (QED) is 0.640. The highest BCUT2D eigenvalue weighted by atomic mass is 32.2. The van der Waals surface area contributed by atoms with Crippen molar-refractivity contribution in [1.82, 2.24) is 0 Å². The van der Waals surface area contributed by atoms with Crippen molar-refractivity contribution in [3.63, 3.8) is 0 Å². The molecule has 0 spiro atoms. The number of carbonyl (C=O) groups excluding carboxylic acids is 1. The molecule has 2 N–H and O–H groups in total. The van der Waals surface area contributed by atoms with E-state index in [9.17, 15) is 4.79 Å². The predicted molar refractivity (Wildman–Crippen MR) is 55.9 cm³/mol. The van der Waals surface area contributed by atoms with Crippen molar-refractivity contribution in [3.8, 4) is 0 Å². The minimum Gasteiger partial charge on any atom is -0.423 e. The van der Waals surface area contributed by atoms with Crippen molar-refractivity contribution in [2.24, 2.45) is 0 Å². The molecule has 5 heteroatoms. The van der Waals surface area contributed by atoms with Gasteiger partial charge < -0.3 is 10.0 Å². The summed E-state index contributed by atoms with van der Waals surface area (Å²) in [4.78, 5) is 12.4. The Morgan fingerprint density at radius 2 is 2.14 bits per heavy atom. The predicted octanol–water partition coefficient (Wildman–Crippen LogP) is 0.0449. The van der Waals surface area contributed by atoms with Gasteiger partial charge in [-0.3, -0.25) is 4.79 Å². The van der Waals surface area contributed by atoms with Crippen LogP contribution in [0.1, 0.15) is 16.8 Å². The Hall–Kier alpha value is -0.775. The molecule has 72 valence electrons. The van der Waals surface area contributed by atoms with Gasteiger partial charge in [-0.15, -0.1) is 11.8 Å². The van der Waals surface area contributed by atoms with E-state index in [4.69, 9.17) is 10.0 Å². The highest BCUT2D eigenvalue weighted by molar-refractivity contribution is 7.99. The van der Waals surface area contributed by atoms with E-state index in [1.54, 1.807) is 30.0 Å². The monoisotopic (exact) mass is 208 g/mol. The molecular weight excluding hydrogens is 199 g/mol. The van der Waals surface area contributed by atoms with Crippen molar-refractivity contribution < 1.29 is 14.8 Å². The molecule has 0 aliphatic carbocycles. The van der Waals surface area contributed by atoms with Crippen LogP contribution in [-0.2, 0) is 0 Å². The number of thioether (sulfide) groups is 1. The Morgan fingerprint density at radius 3 is 2.86 bits per heavy atom. The Kier molecular flexibility index (Phi) is 2.63. The molecule has 0 unspecified atom stereocenters. The lowest BCUT2D eigenvalue weighted by atomic mass is 9.79. The van der Waals surface area contributed by atoms with Crippen LogP contribution in [0.15, 0.2) is 23.1 Å². The number of fused-ring (bicyclic) bond motifs is 1. The van der Waals surface area contributed by atoms with Crippen LogP contribution in [0.4, 0.5) is 0 Å². The van der Waals surface area contributed by atoms with Crippen LogP contribution < -0.4 is 5.46 Å². The van der Waals surface area contributed by atoms with Crippen molar-refractivity contribution in [2.45, 2.75) is 11.3 Å². The lowest BCUT2D eigenvalue weighted by Gasteiger charge is -2.14. The zero-order chi connectivity index (χ0) is 10.1. The Bertz CT molecular complexity index is 378. The fourth-order valence-electron chi connectivity index (χ4n) is 1.44. The molecule has 2 rings (SSSR count). The first-order valence-electron chi connectivity index (χ1n) is 4.34. The fraction of sp³-hybridized carbons (Fsp3) is 0.222. The van der Waals surface area contributed by atoms with E-state index in [1.165, 1.54) is 0 Å². The second kappa shape index (κ2) is 3.77. The third kappa shape index (κ3) is 1.71. The molecule has 1 aromatic carbocycles. The zero-order valence-electron chi connectivity index (χ0n) is 7.43. The van der Waals surface area contributed by atoms with Crippen LogP contribution in [0, 0.1) is 0 Å². The Labute approximate surface area is 86.3 Å². The van der Waals surface area contributed by atoms with Gasteiger partial charge in [-0.2, -0.15) is 0 Å². The first kappa shape index (κ1) is 9.77. The third-order valence-corrected chi connectivity index (χ3v) is 3.26. The summed E-state index contributed by atoms with van der Waals surface area (Å²) in [7, 11) is -1.50. The summed E-state index contributed by atoms with van der Waals surface area (Å²) in [5.74, 6) is 0.897. The van der Waals surface area contributed by atoms with Crippen LogP contribution in [0.2, 0.25) is 0 Å². The highest BCUT2D eigenvalue weighted by Crippen LogP contribution is 2.28. The number of ketones is 1. The summed E-state index contributed by atoms with van der Waals surface area (Å²) in [6.45, 7) is 0. The molecule has 14 heavy (non-hydrogen) atoms. The maximum atomic E-state index is 11.5. The van der Waals surface area contributed by atoms with Gasteiger partial charge in [0.2, 0.25) is 0 Å². The van der Waals surface area contributed by atoms with Gasteiger partial charge in [-0.25, -0.2) is 0 Å². The van der Waals surface area contributed by atoms with Gasteiger partial charge in [-0.05, 0) is 11.5 Å². The molecule has 3 nitrogen and oxygen atoms in total. The van der Waals surface area contributed by atoms with E-state index < -0.39 is 7.12 Å². The first-order valence-corrected chi connectivity index (χ1v) is 5.33. The van der Waals surface area contributed by atoms with Crippen molar-refractivity contribution in [3.05, 3.63) is 23.8 Å². The van der Waals surface area contributed by atoms with E-state index >= 15 is 0 Å². The summed E-state index contributed by atoms with van der Waals surface area (Å²) in [5, 5.41) is 17.9. The molecule has 0 saturated heterocycles. The molecule has 0 aromatic heterocycles. The van der Waals surface area contributed by atoms with E-state index in [1.807, 2.05) is 0 Å². The molecule has 1 aliphatic heterocycles. The molecule has 0 saturated carbocycles. The van der Waals surface area contributed by atoms with Crippen molar-refractivity contribution >= 4 is 30.1 Å². The van der Waals surface area contributed by atoms with Gasteiger partial charge >= 0.3 is 7.12 Å². The number of Topliss-reactive ketones (excluding diaryl/α,β-unsaturated/α-hetero) is 1. The number of carbonyl (C=O) groups is 1. The first-order chi connectivity index (χ1) is 6.68. The maximum absolute atomic E-state index is 11.5. The number of benzene rings is 1. The molecular formula is C9H9BO3S. The highest BCUT2D eigenvalue weighted by Gasteiger charge is 2.20. The Morgan fingerprint density at radius 1 is 1.36 bits per heavy atom. The van der Waals surface area contributed by atoms with Crippen LogP contribution in [0.25, 0.3) is 0 Å². The standard InChI is InChI=1S/C9H9BO3S/c11-8-3-4-14-9-2-1-6(10(12)13)5-7(8)9/h1-2,5,12-13H,3-4H2. The zero-order valence-corrected chi connectivity index (χ0v) is 8.25. The van der Waals surface area contributed by atoms with Crippen LogP contribution in [0.5, 0.6) is 0 Å². The van der Waals surface area contributed by atoms with E-state index in [-0.39, 0.29) is 5.78 Å². The summed E-state index contributed by atoms with van der Waals surface area (Å²) in [6.07, 6.45) is 0.530. The Balaban J connectivity index is 2.46. The van der Waals surface area contributed by atoms with Gasteiger partial charge in [0.05, 0.1) is 0 Å². The normalized spacial score (nSPS) is 15.1. The van der Waals surface area contributed by atoms with Crippen molar-refractivity contribution in [2.75, 3.05) is 5.75 Å². The second-order valence-electron chi connectivity index (χ2n) is 3.15. The van der Waals surface area contributed by atoms with Gasteiger partial charge in [0, 0.05) is 22.6 Å². The summed E-state index contributed by atoms with van der Waals surface area (Å²) in [6, 6.07) is 4.97. The lowest BCUT2D eigenvalue weighted by molar-refractivity contribution is 0.0985.